The summed E-state index contributed by atoms with van der Waals surface area (Å²) in [6.07, 6.45) is -0.536. The van der Waals surface area contributed by atoms with Crippen LogP contribution < -0.4 is 5.32 Å². The Morgan fingerprint density at radius 1 is 1.48 bits per heavy atom. The minimum Gasteiger partial charge on any atom is -0.448 e. The van der Waals surface area contributed by atoms with E-state index < -0.39 is 17.8 Å². The van der Waals surface area contributed by atoms with Crippen LogP contribution in [0.1, 0.15) is 27.7 Å². The maximum absolute atomic E-state index is 11.8. The number of hydrazine groups is 1. The number of nitrogens with one attached hydrogen (secondary N) is 2. The molecule has 1 aliphatic rings. The van der Waals surface area contributed by atoms with Gasteiger partial charge in [0.1, 0.15) is 11.9 Å². The number of carbonyl (C=O) groups is 2. The zero-order valence-corrected chi connectivity index (χ0v) is 14.1. The Balaban J connectivity index is 2.49. The van der Waals surface area contributed by atoms with E-state index in [1.165, 1.54) is 0 Å². The van der Waals surface area contributed by atoms with E-state index in [1.54, 1.807) is 32.7 Å². The molecular formula is C14H26N4O5. The lowest BCUT2D eigenvalue weighted by atomic mass is 10.2. The fraction of sp³-hybridized carbons (Fsp3) is 0.786. The first kappa shape index (κ1) is 19.2. The van der Waals surface area contributed by atoms with Gasteiger partial charge in [0.15, 0.2) is 0 Å². The van der Waals surface area contributed by atoms with Gasteiger partial charge in [0.2, 0.25) is 0 Å². The third-order valence-corrected chi connectivity index (χ3v) is 2.87. The van der Waals surface area contributed by atoms with E-state index in [1.807, 2.05) is 0 Å². The number of hydrogen-bond donors (Lipinski definition) is 2. The topological polar surface area (TPSA) is 104 Å². The molecule has 1 rings (SSSR count). The van der Waals surface area contributed by atoms with Crippen LogP contribution in [0, 0.1) is 5.41 Å². The summed E-state index contributed by atoms with van der Waals surface area (Å²) in [6.45, 7) is 8.72. The van der Waals surface area contributed by atoms with Gasteiger partial charge in [-0.1, -0.05) is 0 Å². The molecule has 0 spiro atoms. The fourth-order valence-corrected chi connectivity index (χ4v) is 1.97. The van der Waals surface area contributed by atoms with E-state index in [0.717, 1.165) is 11.3 Å². The molecule has 132 valence electrons. The average Bonchev–Trinajstić information content (AvgIpc) is 2.45. The smallest absolute Gasteiger partial charge is 0.430 e. The number of alkyl carbamates (subject to hydrolysis) is 1. The molecule has 1 atom stereocenters. The van der Waals surface area contributed by atoms with E-state index in [-0.39, 0.29) is 19.3 Å². The summed E-state index contributed by atoms with van der Waals surface area (Å²) in [5.74, 6) is 0. The van der Waals surface area contributed by atoms with Gasteiger partial charge in [0.05, 0.1) is 19.3 Å². The minimum atomic E-state index is -0.608. The Bertz CT molecular complexity index is 424. The molecule has 1 fully saturated rings. The highest BCUT2D eigenvalue weighted by atomic mass is 16.6. The third-order valence-electron chi connectivity index (χ3n) is 2.87. The standard InChI is InChI=1S/C14H26N4O5/c1-5-21-13(20)18(10-15)17-6-7-22-11(9-17)8-16-12(19)23-14(2,3)4/h10-11,15H,5-9H2,1-4H3,(H,16,19). The van der Waals surface area contributed by atoms with Crippen molar-refractivity contribution in [3.8, 4) is 0 Å². The molecule has 23 heavy (non-hydrogen) atoms. The van der Waals surface area contributed by atoms with Crippen LogP contribution in [-0.4, -0.2) is 73.1 Å². The van der Waals surface area contributed by atoms with Gasteiger partial charge < -0.3 is 19.5 Å². The quantitative estimate of drug-likeness (QED) is 0.580. The van der Waals surface area contributed by atoms with E-state index >= 15 is 0 Å². The van der Waals surface area contributed by atoms with Crippen molar-refractivity contribution in [2.75, 3.05) is 32.8 Å². The molecule has 1 saturated heterocycles. The molecule has 9 nitrogen and oxygen atoms in total. The summed E-state index contributed by atoms with van der Waals surface area (Å²) in [7, 11) is 0. The molecule has 0 radical (unpaired) electrons. The number of hydrogen-bond acceptors (Lipinski definition) is 7. The van der Waals surface area contributed by atoms with Crippen molar-refractivity contribution < 1.29 is 23.8 Å². The monoisotopic (exact) mass is 330 g/mol. The Hall–Kier alpha value is -1.87. The Morgan fingerprint density at radius 2 is 2.17 bits per heavy atom. The highest BCUT2D eigenvalue weighted by molar-refractivity contribution is 5.80. The van der Waals surface area contributed by atoms with Gasteiger partial charge in [-0.15, -0.1) is 0 Å². The molecule has 0 saturated carbocycles. The summed E-state index contributed by atoms with van der Waals surface area (Å²) in [6, 6.07) is 0. The number of ether oxygens (including phenoxy) is 3. The summed E-state index contributed by atoms with van der Waals surface area (Å²) in [5.41, 5.74) is -0.565. The normalized spacial score (nSPS) is 18.9. The van der Waals surface area contributed by atoms with Crippen LogP contribution in [-0.2, 0) is 14.2 Å². The molecule has 0 aromatic heterocycles. The van der Waals surface area contributed by atoms with Crippen LogP contribution in [0.25, 0.3) is 0 Å². The van der Waals surface area contributed by atoms with Crippen molar-refractivity contribution in [3.05, 3.63) is 0 Å². The van der Waals surface area contributed by atoms with Gasteiger partial charge in [-0.05, 0) is 27.7 Å². The van der Waals surface area contributed by atoms with E-state index in [2.05, 4.69) is 5.32 Å². The lowest BCUT2D eigenvalue weighted by molar-refractivity contribution is -0.0830. The molecule has 0 aliphatic carbocycles. The molecule has 0 bridgehead atoms. The van der Waals surface area contributed by atoms with Gasteiger partial charge >= 0.3 is 12.2 Å². The predicted molar refractivity (Wildman–Crippen MR) is 83.2 cm³/mol. The number of morpholine rings is 1. The Labute approximate surface area is 136 Å². The Morgan fingerprint density at radius 3 is 2.74 bits per heavy atom. The average molecular weight is 330 g/mol. The number of rotatable bonds is 5. The molecule has 2 amide bonds. The van der Waals surface area contributed by atoms with Crippen molar-refractivity contribution in [1.29, 1.82) is 5.41 Å². The molecule has 0 aromatic rings. The first-order valence-electron chi connectivity index (χ1n) is 7.56. The summed E-state index contributed by atoms with van der Waals surface area (Å²) in [5, 5.41) is 12.8. The van der Waals surface area contributed by atoms with Crippen LogP contribution in [0.3, 0.4) is 0 Å². The number of amides is 2. The minimum absolute atomic E-state index is 0.233. The summed E-state index contributed by atoms with van der Waals surface area (Å²) >= 11 is 0. The SMILES string of the molecule is CCOC(=O)N(C=N)N1CCOC(CNC(=O)OC(C)(C)C)C1. The molecule has 1 aliphatic heterocycles. The fourth-order valence-electron chi connectivity index (χ4n) is 1.97. The third kappa shape index (κ3) is 6.83. The van der Waals surface area contributed by atoms with Crippen molar-refractivity contribution in [2.24, 2.45) is 0 Å². The first-order valence-corrected chi connectivity index (χ1v) is 7.56. The zero-order chi connectivity index (χ0) is 17.5. The number of carbonyl (C=O) groups excluding carboxylic acids is 2. The van der Waals surface area contributed by atoms with Crippen molar-refractivity contribution in [3.63, 3.8) is 0 Å². The van der Waals surface area contributed by atoms with Gasteiger partial charge in [-0.25, -0.2) is 14.6 Å². The second kappa shape index (κ2) is 8.68. The van der Waals surface area contributed by atoms with Crippen molar-refractivity contribution in [2.45, 2.75) is 39.4 Å². The van der Waals surface area contributed by atoms with Crippen LogP contribution >= 0.6 is 0 Å². The molecule has 1 heterocycles. The van der Waals surface area contributed by atoms with E-state index in [0.29, 0.717) is 19.7 Å². The zero-order valence-electron chi connectivity index (χ0n) is 14.1. The van der Waals surface area contributed by atoms with E-state index in [9.17, 15) is 9.59 Å². The van der Waals surface area contributed by atoms with Gasteiger partial charge in [-0.3, -0.25) is 5.41 Å². The second-order valence-electron chi connectivity index (χ2n) is 5.96. The summed E-state index contributed by atoms with van der Waals surface area (Å²) < 4.78 is 15.6. The molecule has 1 unspecified atom stereocenters. The molecule has 0 aromatic carbocycles. The molecule has 2 N–H and O–H groups in total. The first-order chi connectivity index (χ1) is 10.8. The predicted octanol–water partition coefficient (Wildman–Crippen LogP) is 1.19. The lowest BCUT2D eigenvalue weighted by Crippen LogP contribution is -2.55. The molecule has 9 heteroatoms. The second-order valence-corrected chi connectivity index (χ2v) is 5.96. The van der Waals surface area contributed by atoms with Crippen LogP contribution in [0.2, 0.25) is 0 Å². The Kier molecular flexibility index (Phi) is 7.24. The van der Waals surface area contributed by atoms with E-state index in [4.69, 9.17) is 19.6 Å². The lowest BCUT2D eigenvalue weighted by Gasteiger charge is -2.37. The van der Waals surface area contributed by atoms with Crippen molar-refractivity contribution >= 4 is 18.5 Å². The van der Waals surface area contributed by atoms with Crippen LogP contribution in [0.15, 0.2) is 0 Å². The van der Waals surface area contributed by atoms with Gasteiger partial charge in [-0.2, -0.15) is 5.01 Å². The van der Waals surface area contributed by atoms with Gasteiger partial charge in [0.25, 0.3) is 0 Å². The largest absolute Gasteiger partial charge is 0.448 e. The maximum Gasteiger partial charge on any atom is 0.430 e. The van der Waals surface area contributed by atoms with Crippen molar-refractivity contribution in [1.82, 2.24) is 15.3 Å². The molecular weight excluding hydrogens is 304 g/mol. The van der Waals surface area contributed by atoms with Crippen LogP contribution in [0.5, 0.6) is 0 Å². The highest BCUT2D eigenvalue weighted by Gasteiger charge is 2.28. The van der Waals surface area contributed by atoms with Crippen LogP contribution in [0.4, 0.5) is 9.59 Å². The number of nitrogens with zero attached hydrogens (tertiary/aromatic N) is 2. The van der Waals surface area contributed by atoms with Gasteiger partial charge in [0, 0.05) is 19.6 Å². The maximum atomic E-state index is 11.8. The summed E-state index contributed by atoms with van der Waals surface area (Å²) in [4.78, 5) is 23.4. The highest BCUT2D eigenvalue weighted by Crippen LogP contribution is 2.10.